The van der Waals surface area contributed by atoms with E-state index in [2.05, 4.69) is 44.2 Å². The standard InChI is InChI=1S/C20H17N5OS/c1-12-13(14-6-2-5-9-17(14)22-12)10-11-21-16-8-4-3-7-15(16)18-19(26)23-20(27)25-24-18/h2-9,11,22H,10H2,1H3,(H2,23,25,26,27). The average molecular weight is 375 g/mol. The van der Waals surface area contributed by atoms with E-state index in [9.17, 15) is 4.79 Å². The number of hydrogen-bond acceptors (Lipinski definition) is 4. The van der Waals surface area contributed by atoms with Crippen LogP contribution in [0.3, 0.4) is 0 Å². The molecule has 7 heteroatoms. The minimum Gasteiger partial charge on any atom is -0.358 e. The average Bonchev–Trinajstić information content (AvgIpc) is 2.98. The van der Waals surface area contributed by atoms with Crippen LogP contribution in [0, 0.1) is 11.7 Å². The maximum absolute atomic E-state index is 12.2. The summed E-state index contributed by atoms with van der Waals surface area (Å²) in [5, 5.41) is 7.89. The van der Waals surface area contributed by atoms with Crippen LogP contribution < -0.4 is 5.56 Å². The Kier molecular flexibility index (Phi) is 4.52. The van der Waals surface area contributed by atoms with Crippen LogP contribution in [0.4, 0.5) is 5.69 Å². The van der Waals surface area contributed by atoms with Gasteiger partial charge in [0.05, 0.1) is 5.69 Å². The first-order chi connectivity index (χ1) is 13.1. The summed E-state index contributed by atoms with van der Waals surface area (Å²) in [5.41, 5.74) is 4.72. The molecule has 2 aromatic heterocycles. The van der Waals surface area contributed by atoms with E-state index in [1.807, 2.05) is 42.6 Å². The molecule has 0 unspecified atom stereocenters. The third-order valence-electron chi connectivity index (χ3n) is 4.42. The van der Waals surface area contributed by atoms with E-state index < -0.39 is 0 Å². The van der Waals surface area contributed by atoms with Crippen LogP contribution in [0.25, 0.3) is 22.2 Å². The number of fused-ring (bicyclic) bond motifs is 1. The van der Waals surface area contributed by atoms with Gasteiger partial charge < -0.3 is 4.98 Å². The second kappa shape index (κ2) is 7.13. The zero-order valence-electron chi connectivity index (χ0n) is 14.6. The zero-order chi connectivity index (χ0) is 18.8. The van der Waals surface area contributed by atoms with Gasteiger partial charge in [0.1, 0.15) is 0 Å². The van der Waals surface area contributed by atoms with E-state index in [0.717, 1.165) is 11.2 Å². The van der Waals surface area contributed by atoms with Crippen LogP contribution in [0.1, 0.15) is 11.3 Å². The van der Waals surface area contributed by atoms with Gasteiger partial charge in [-0.25, -0.2) is 0 Å². The molecule has 27 heavy (non-hydrogen) atoms. The Morgan fingerprint density at radius 3 is 2.74 bits per heavy atom. The lowest BCUT2D eigenvalue weighted by Crippen LogP contribution is -2.12. The predicted octanol–water partition coefficient (Wildman–Crippen LogP) is 4.23. The summed E-state index contributed by atoms with van der Waals surface area (Å²) in [6.45, 7) is 2.06. The number of aromatic amines is 3. The monoisotopic (exact) mass is 375 g/mol. The van der Waals surface area contributed by atoms with Gasteiger partial charge in [-0.3, -0.25) is 19.9 Å². The number of nitrogens with zero attached hydrogens (tertiary/aromatic N) is 2. The summed E-state index contributed by atoms with van der Waals surface area (Å²) in [6.07, 6.45) is 2.55. The van der Waals surface area contributed by atoms with Crippen LogP contribution in [0.15, 0.2) is 58.3 Å². The molecule has 0 aliphatic carbocycles. The Bertz CT molecular complexity index is 1270. The highest BCUT2D eigenvalue weighted by Crippen LogP contribution is 2.26. The molecule has 2 aromatic carbocycles. The van der Waals surface area contributed by atoms with Gasteiger partial charge in [-0.1, -0.05) is 36.4 Å². The lowest BCUT2D eigenvalue weighted by molar-refractivity contribution is 0.932. The fourth-order valence-corrected chi connectivity index (χ4v) is 3.29. The molecule has 0 atom stereocenters. The molecule has 134 valence electrons. The number of para-hydroxylation sites is 2. The molecule has 0 aliphatic rings. The van der Waals surface area contributed by atoms with Crippen LogP contribution in [0.2, 0.25) is 0 Å². The van der Waals surface area contributed by atoms with Gasteiger partial charge in [0.15, 0.2) is 10.5 Å². The molecule has 2 heterocycles. The first-order valence-corrected chi connectivity index (χ1v) is 8.91. The topological polar surface area (TPSA) is 89.7 Å². The van der Waals surface area contributed by atoms with E-state index in [0.29, 0.717) is 17.7 Å². The van der Waals surface area contributed by atoms with E-state index in [-0.39, 0.29) is 16.0 Å². The molecular formula is C20H17N5OS. The number of benzene rings is 2. The van der Waals surface area contributed by atoms with Crippen molar-refractivity contribution in [2.45, 2.75) is 13.3 Å². The Hall–Kier alpha value is -3.32. The molecular weight excluding hydrogens is 358 g/mol. The molecule has 0 fully saturated rings. The minimum atomic E-state index is -0.339. The number of aliphatic imine (C=N–C) groups is 1. The molecule has 0 aliphatic heterocycles. The SMILES string of the molecule is Cc1[nH]c2ccccc2c1CC=Nc1ccccc1-c1n[nH]c(=S)[nH]c1=O. The molecule has 4 rings (SSSR count). The summed E-state index contributed by atoms with van der Waals surface area (Å²) in [5.74, 6) is 0. The maximum atomic E-state index is 12.2. The number of aryl methyl sites for hydroxylation is 1. The second-order valence-electron chi connectivity index (χ2n) is 6.16. The first kappa shape index (κ1) is 17.1. The van der Waals surface area contributed by atoms with Gasteiger partial charge in [-0.15, -0.1) is 0 Å². The van der Waals surface area contributed by atoms with Gasteiger partial charge in [0.25, 0.3) is 5.56 Å². The summed E-state index contributed by atoms with van der Waals surface area (Å²) in [4.78, 5) is 22.7. The van der Waals surface area contributed by atoms with E-state index >= 15 is 0 Å². The van der Waals surface area contributed by atoms with E-state index in [1.54, 1.807) is 0 Å². The van der Waals surface area contributed by atoms with E-state index in [1.165, 1.54) is 10.9 Å². The number of rotatable bonds is 4. The molecule has 3 N–H and O–H groups in total. The highest BCUT2D eigenvalue weighted by molar-refractivity contribution is 7.71. The van der Waals surface area contributed by atoms with Gasteiger partial charge in [0.2, 0.25) is 0 Å². The van der Waals surface area contributed by atoms with Crippen molar-refractivity contribution in [2.24, 2.45) is 4.99 Å². The molecule has 4 aromatic rings. The van der Waals surface area contributed by atoms with Gasteiger partial charge in [-0.2, -0.15) is 5.10 Å². The Labute approximate surface area is 160 Å². The van der Waals surface area contributed by atoms with Crippen molar-refractivity contribution in [3.63, 3.8) is 0 Å². The van der Waals surface area contributed by atoms with Crippen LogP contribution in [-0.2, 0) is 6.42 Å². The smallest absolute Gasteiger partial charge is 0.278 e. The highest BCUT2D eigenvalue weighted by Gasteiger charge is 2.10. The molecule has 0 amide bonds. The Morgan fingerprint density at radius 2 is 1.89 bits per heavy atom. The fourth-order valence-electron chi connectivity index (χ4n) is 3.15. The number of hydrogen-bond donors (Lipinski definition) is 3. The van der Waals surface area contributed by atoms with Crippen molar-refractivity contribution in [1.82, 2.24) is 20.2 Å². The van der Waals surface area contributed by atoms with Crippen molar-refractivity contribution in [3.05, 3.63) is 74.9 Å². The predicted molar refractivity (Wildman–Crippen MR) is 110 cm³/mol. The normalized spacial score (nSPS) is 11.4. The quantitative estimate of drug-likeness (QED) is 0.368. The van der Waals surface area contributed by atoms with Crippen molar-refractivity contribution in [1.29, 1.82) is 0 Å². The zero-order valence-corrected chi connectivity index (χ0v) is 15.4. The van der Waals surface area contributed by atoms with Crippen molar-refractivity contribution >= 4 is 35.0 Å². The van der Waals surface area contributed by atoms with Gasteiger partial charge in [0, 0.05) is 34.8 Å². The molecule has 6 nitrogen and oxygen atoms in total. The minimum absolute atomic E-state index is 0.194. The Morgan fingerprint density at radius 1 is 1.11 bits per heavy atom. The summed E-state index contributed by atoms with van der Waals surface area (Å²) in [7, 11) is 0. The van der Waals surface area contributed by atoms with Gasteiger partial charge >= 0.3 is 0 Å². The highest BCUT2D eigenvalue weighted by atomic mass is 32.1. The fraction of sp³-hybridized carbons (Fsp3) is 0.100. The van der Waals surface area contributed by atoms with Crippen LogP contribution >= 0.6 is 12.2 Å². The largest absolute Gasteiger partial charge is 0.358 e. The third kappa shape index (κ3) is 3.37. The van der Waals surface area contributed by atoms with E-state index in [4.69, 9.17) is 12.2 Å². The van der Waals surface area contributed by atoms with Crippen LogP contribution in [0.5, 0.6) is 0 Å². The molecule has 0 radical (unpaired) electrons. The van der Waals surface area contributed by atoms with Gasteiger partial charge in [-0.05, 0) is 36.8 Å². The molecule has 0 spiro atoms. The first-order valence-electron chi connectivity index (χ1n) is 8.50. The summed E-state index contributed by atoms with van der Waals surface area (Å²) >= 11 is 4.90. The molecule has 0 bridgehead atoms. The van der Waals surface area contributed by atoms with Crippen LogP contribution in [-0.4, -0.2) is 26.4 Å². The lowest BCUT2D eigenvalue weighted by atomic mass is 10.1. The second-order valence-corrected chi connectivity index (χ2v) is 6.57. The lowest BCUT2D eigenvalue weighted by Gasteiger charge is -2.03. The van der Waals surface area contributed by atoms with Crippen molar-refractivity contribution in [3.8, 4) is 11.3 Å². The Balaban J connectivity index is 1.68. The van der Waals surface area contributed by atoms with Crippen molar-refractivity contribution < 1.29 is 0 Å². The molecule has 0 saturated carbocycles. The number of nitrogens with one attached hydrogen (secondary N) is 3. The van der Waals surface area contributed by atoms with Crippen molar-refractivity contribution in [2.75, 3.05) is 0 Å². The number of H-pyrrole nitrogens is 3. The maximum Gasteiger partial charge on any atom is 0.278 e. The third-order valence-corrected chi connectivity index (χ3v) is 4.62. The summed E-state index contributed by atoms with van der Waals surface area (Å²) < 4.78 is 0.194. The molecule has 0 saturated heterocycles. The number of aromatic nitrogens is 4. The summed E-state index contributed by atoms with van der Waals surface area (Å²) in [6, 6.07) is 15.6.